The summed E-state index contributed by atoms with van der Waals surface area (Å²) in [4.78, 5) is 0. The Hall–Kier alpha value is -1.20. The zero-order valence-electron chi connectivity index (χ0n) is 10.3. The molecule has 5 heteroatoms. The topological polar surface area (TPSA) is 50.1 Å². The van der Waals surface area contributed by atoms with Crippen molar-refractivity contribution in [2.24, 2.45) is 0 Å². The first kappa shape index (κ1) is 12.3. The molecule has 0 radical (unpaired) electrons. The molecule has 0 aromatic carbocycles. The van der Waals surface area contributed by atoms with E-state index in [0.29, 0.717) is 50.8 Å². The summed E-state index contributed by atoms with van der Waals surface area (Å²) in [7, 11) is 3.23. The lowest BCUT2D eigenvalue weighted by Gasteiger charge is -2.07. The highest BCUT2D eigenvalue weighted by Crippen LogP contribution is 2.38. The molecule has 0 aliphatic carbocycles. The molecule has 1 aliphatic rings. The van der Waals surface area contributed by atoms with Gasteiger partial charge in [-0.1, -0.05) is 0 Å². The lowest BCUT2D eigenvalue weighted by molar-refractivity contribution is 0.0502. The number of methoxy groups -OCH3 is 2. The van der Waals surface area contributed by atoms with E-state index in [4.69, 9.17) is 23.4 Å². The van der Waals surface area contributed by atoms with Crippen LogP contribution in [0.3, 0.4) is 0 Å². The summed E-state index contributed by atoms with van der Waals surface area (Å²) in [5.41, 5.74) is 0. The van der Waals surface area contributed by atoms with Crippen LogP contribution in [0.1, 0.15) is 11.5 Å². The minimum atomic E-state index is 0.593. The number of hydrogen-bond acceptors (Lipinski definition) is 5. The van der Waals surface area contributed by atoms with Crippen LogP contribution in [0.5, 0.6) is 11.5 Å². The highest BCUT2D eigenvalue weighted by molar-refractivity contribution is 5.46. The van der Waals surface area contributed by atoms with Crippen LogP contribution >= 0.6 is 0 Å². The van der Waals surface area contributed by atoms with Crippen LogP contribution in [-0.4, -0.2) is 40.6 Å². The third-order valence-electron chi connectivity index (χ3n) is 2.69. The van der Waals surface area contributed by atoms with Gasteiger partial charge in [0, 0.05) is 12.8 Å². The summed E-state index contributed by atoms with van der Waals surface area (Å²) < 4.78 is 27.3. The standard InChI is InChI=1S/C12H18O5/c1-13-11-9-3-5-15-7-8-16-6-4-10(17-9)12(11)14-2/h3-8H2,1-2H3. The maximum absolute atomic E-state index is 5.75. The number of hydrogen-bond donors (Lipinski definition) is 0. The third kappa shape index (κ3) is 2.73. The molecule has 2 bridgehead atoms. The second kappa shape index (κ2) is 5.93. The zero-order valence-corrected chi connectivity index (χ0v) is 10.3. The Morgan fingerprint density at radius 2 is 1.24 bits per heavy atom. The van der Waals surface area contributed by atoms with Crippen LogP contribution < -0.4 is 9.47 Å². The maximum atomic E-state index is 5.75. The van der Waals surface area contributed by atoms with Gasteiger partial charge in [0.1, 0.15) is 0 Å². The monoisotopic (exact) mass is 242 g/mol. The first-order chi connectivity index (χ1) is 8.36. The average Bonchev–Trinajstić information content (AvgIpc) is 2.65. The summed E-state index contributed by atoms with van der Waals surface area (Å²) in [5, 5.41) is 0. The van der Waals surface area contributed by atoms with Gasteiger partial charge in [-0.15, -0.1) is 0 Å². The maximum Gasteiger partial charge on any atom is 0.203 e. The molecular weight excluding hydrogens is 224 g/mol. The van der Waals surface area contributed by atoms with Crippen LogP contribution in [0.2, 0.25) is 0 Å². The van der Waals surface area contributed by atoms with Crippen molar-refractivity contribution in [3.8, 4) is 11.5 Å². The number of ether oxygens (including phenoxy) is 4. The molecule has 0 atom stereocenters. The highest BCUT2D eigenvalue weighted by Gasteiger charge is 2.22. The summed E-state index contributed by atoms with van der Waals surface area (Å²) in [6.45, 7) is 2.42. The van der Waals surface area contributed by atoms with E-state index in [1.54, 1.807) is 14.2 Å². The van der Waals surface area contributed by atoms with E-state index in [1.165, 1.54) is 0 Å². The van der Waals surface area contributed by atoms with E-state index in [1.807, 2.05) is 0 Å². The SMILES string of the molecule is COc1c2oc(c1OC)CCOCCOCC2. The van der Waals surface area contributed by atoms with Crippen LogP contribution in [-0.2, 0) is 22.3 Å². The van der Waals surface area contributed by atoms with Gasteiger partial charge in [0.15, 0.2) is 11.5 Å². The van der Waals surface area contributed by atoms with Crippen molar-refractivity contribution in [3.05, 3.63) is 11.5 Å². The Morgan fingerprint density at radius 3 is 1.65 bits per heavy atom. The average molecular weight is 242 g/mol. The first-order valence-corrected chi connectivity index (χ1v) is 5.74. The molecule has 5 nitrogen and oxygen atoms in total. The molecule has 2 heterocycles. The van der Waals surface area contributed by atoms with Crippen molar-refractivity contribution < 1.29 is 23.4 Å². The fourth-order valence-electron chi connectivity index (χ4n) is 1.89. The second-order valence-corrected chi connectivity index (χ2v) is 3.74. The van der Waals surface area contributed by atoms with Gasteiger partial charge in [0.05, 0.1) is 40.6 Å². The Kier molecular flexibility index (Phi) is 4.28. The second-order valence-electron chi connectivity index (χ2n) is 3.74. The molecule has 0 saturated carbocycles. The number of rotatable bonds is 2. The van der Waals surface area contributed by atoms with Gasteiger partial charge in [-0.25, -0.2) is 0 Å². The normalized spacial score (nSPS) is 17.3. The first-order valence-electron chi connectivity index (χ1n) is 5.74. The third-order valence-corrected chi connectivity index (χ3v) is 2.69. The minimum Gasteiger partial charge on any atom is -0.490 e. The van der Waals surface area contributed by atoms with Crippen LogP contribution in [0.25, 0.3) is 0 Å². The molecule has 0 unspecified atom stereocenters. The Labute approximate surface area is 101 Å². The lowest BCUT2D eigenvalue weighted by atomic mass is 10.2. The van der Waals surface area contributed by atoms with E-state index < -0.39 is 0 Å². The molecule has 96 valence electrons. The van der Waals surface area contributed by atoms with E-state index in [2.05, 4.69) is 0 Å². The van der Waals surface area contributed by atoms with Gasteiger partial charge < -0.3 is 23.4 Å². The van der Waals surface area contributed by atoms with Crippen molar-refractivity contribution in [1.82, 2.24) is 0 Å². The van der Waals surface area contributed by atoms with Crippen LogP contribution in [0.4, 0.5) is 0 Å². The molecule has 17 heavy (non-hydrogen) atoms. The molecule has 0 spiro atoms. The number of furan rings is 1. The Morgan fingerprint density at radius 1 is 0.765 bits per heavy atom. The quantitative estimate of drug-likeness (QED) is 0.785. The minimum absolute atomic E-state index is 0.593. The summed E-state index contributed by atoms with van der Waals surface area (Å²) in [6, 6.07) is 0. The van der Waals surface area contributed by atoms with Gasteiger partial charge in [-0.3, -0.25) is 0 Å². The molecule has 1 aliphatic heterocycles. The molecule has 2 rings (SSSR count). The van der Waals surface area contributed by atoms with Gasteiger partial charge in [0.2, 0.25) is 11.5 Å². The molecule has 0 saturated heterocycles. The predicted octanol–water partition coefficient (Wildman–Crippen LogP) is 1.43. The Bertz CT molecular complexity index is 326. The Balaban J connectivity index is 2.26. The van der Waals surface area contributed by atoms with E-state index in [-0.39, 0.29) is 0 Å². The van der Waals surface area contributed by atoms with Gasteiger partial charge >= 0.3 is 0 Å². The summed E-state index contributed by atoms with van der Waals surface area (Å²) in [5.74, 6) is 2.90. The molecule has 0 N–H and O–H groups in total. The van der Waals surface area contributed by atoms with Crippen molar-refractivity contribution in [1.29, 1.82) is 0 Å². The fraction of sp³-hybridized carbons (Fsp3) is 0.667. The number of fused-ring (bicyclic) bond motifs is 2. The largest absolute Gasteiger partial charge is 0.490 e. The fourth-order valence-corrected chi connectivity index (χ4v) is 1.89. The van der Waals surface area contributed by atoms with E-state index in [9.17, 15) is 0 Å². The highest BCUT2D eigenvalue weighted by atomic mass is 16.5. The molecule has 0 fully saturated rings. The predicted molar refractivity (Wildman–Crippen MR) is 60.9 cm³/mol. The van der Waals surface area contributed by atoms with Crippen LogP contribution in [0.15, 0.2) is 4.42 Å². The van der Waals surface area contributed by atoms with Gasteiger partial charge in [-0.05, 0) is 0 Å². The van der Waals surface area contributed by atoms with E-state index in [0.717, 1.165) is 11.5 Å². The van der Waals surface area contributed by atoms with Gasteiger partial charge in [-0.2, -0.15) is 0 Å². The van der Waals surface area contributed by atoms with Crippen molar-refractivity contribution in [2.45, 2.75) is 12.8 Å². The molecule has 0 amide bonds. The summed E-state index contributed by atoms with van der Waals surface area (Å²) in [6.07, 6.45) is 1.36. The van der Waals surface area contributed by atoms with Crippen molar-refractivity contribution >= 4 is 0 Å². The summed E-state index contributed by atoms with van der Waals surface area (Å²) >= 11 is 0. The smallest absolute Gasteiger partial charge is 0.203 e. The van der Waals surface area contributed by atoms with E-state index >= 15 is 0 Å². The molecule has 1 aromatic rings. The molecular formula is C12H18O5. The lowest BCUT2D eigenvalue weighted by Crippen LogP contribution is -2.08. The van der Waals surface area contributed by atoms with Crippen LogP contribution in [0, 0.1) is 0 Å². The van der Waals surface area contributed by atoms with Crippen molar-refractivity contribution in [3.63, 3.8) is 0 Å². The molecule has 1 aromatic heterocycles. The van der Waals surface area contributed by atoms with Crippen molar-refractivity contribution in [2.75, 3.05) is 40.6 Å². The van der Waals surface area contributed by atoms with Gasteiger partial charge in [0.25, 0.3) is 0 Å². The zero-order chi connectivity index (χ0) is 12.1.